The highest BCUT2D eigenvalue weighted by atomic mass is 35.5. The average Bonchev–Trinajstić information content (AvgIpc) is 2.93. The molecule has 0 aliphatic carbocycles. The maximum absolute atomic E-state index is 12.6. The monoisotopic (exact) mass is 296 g/mol. The van der Waals surface area contributed by atoms with Crippen molar-refractivity contribution in [3.05, 3.63) is 29.8 Å². The molecule has 1 aromatic rings. The summed E-state index contributed by atoms with van der Waals surface area (Å²) in [5.41, 5.74) is 0.675. The highest BCUT2D eigenvalue weighted by Gasteiger charge is 2.35. The van der Waals surface area contributed by atoms with Crippen LogP contribution in [0.25, 0.3) is 0 Å². The molecule has 110 valence electrons. The molecule has 0 saturated carbocycles. The molecule has 2 aliphatic heterocycles. The SMILES string of the molecule is COc1ccccc1C(=O)N1CCC2CNCC2C1.Cl. The number of nitrogens with one attached hydrogen (secondary N) is 1. The molecule has 3 rings (SSSR count). The van der Waals surface area contributed by atoms with E-state index >= 15 is 0 Å². The second-order valence-electron chi connectivity index (χ2n) is 5.42. The Morgan fingerprint density at radius 2 is 2.05 bits per heavy atom. The second kappa shape index (κ2) is 6.46. The molecule has 0 aromatic heterocycles. The molecule has 2 fully saturated rings. The molecule has 2 saturated heterocycles. The molecule has 4 nitrogen and oxygen atoms in total. The van der Waals surface area contributed by atoms with E-state index in [4.69, 9.17) is 4.74 Å². The van der Waals surface area contributed by atoms with Crippen molar-refractivity contribution >= 4 is 18.3 Å². The van der Waals surface area contributed by atoms with Gasteiger partial charge in [-0.1, -0.05) is 12.1 Å². The molecule has 1 N–H and O–H groups in total. The number of likely N-dealkylation sites (tertiary alicyclic amines) is 1. The van der Waals surface area contributed by atoms with E-state index in [0.717, 1.165) is 38.5 Å². The number of piperidine rings is 1. The maximum Gasteiger partial charge on any atom is 0.257 e. The predicted octanol–water partition coefficient (Wildman–Crippen LogP) is 1.80. The van der Waals surface area contributed by atoms with Gasteiger partial charge in [0.2, 0.25) is 0 Å². The predicted molar refractivity (Wildman–Crippen MR) is 80.6 cm³/mol. The fraction of sp³-hybridized carbons (Fsp3) is 0.533. The van der Waals surface area contributed by atoms with Crippen molar-refractivity contribution < 1.29 is 9.53 Å². The number of amides is 1. The number of nitrogens with zero attached hydrogens (tertiary/aromatic N) is 1. The summed E-state index contributed by atoms with van der Waals surface area (Å²) in [4.78, 5) is 14.6. The number of methoxy groups -OCH3 is 1. The van der Waals surface area contributed by atoms with E-state index in [2.05, 4.69) is 5.32 Å². The van der Waals surface area contributed by atoms with Gasteiger partial charge in [-0.2, -0.15) is 0 Å². The van der Waals surface area contributed by atoms with Crippen LogP contribution in [0.3, 0.4) is 0 Å². The number of rotatable bonds is 2. The standard InChI is InChI=1S/C15H20N2O2.ClH/c1-19-14-5-3-2-4-13(14)15(18)17-7-6-11-8-16-9-12(11)10-17;/h2-5,11-12,16H,6-10H2,1H3;1H. The van der Waals surface area contributed by atoms with Gasteiger partial charge in [-0.25, -0.2) is 0 Å². The summed E-state index contributed by atoms with van der Waals surface area (Å²) >= 11 is 0. The van der Waals surface area contributed by atoms with Crippen molar-refractivity contribution in [2.24, 2.45) is 11.8 Å². The zero-order valence-corrected chi connectivity index (χ0v) is 12.5. The molecule has 20 heavy (non-hydrogen) atoms. The van der Waals surface area contributed by atoms with Gasteiger partial charge >= 0.3 is 0 Å². The highest BCUT2D eigenvalue weighted by Crippen LogP contribution is 2.28. The fourth-order valence-corrected chi connectivity index (χ4v) is 3.21. The van der Waals surface area contributed by atoms with Crippen LogP contribution >= 0.6 is 12.4 Å². The summed E-state index contributed by atoms with van der Waals surface area (Å²) in [6.07, 6.45) is 1.11. The Labute approximate surface area is 125 Å². The van der Waals surface area contributed by atoms with Crippen LogP contribution in [-0.4, -0.2) is 44.1 Å². The van der Waals surface area contributed by atoms with Gasteiger partial charge in [-0.15, -0.1) is 12.4 Å². The zero-order valence-electron chi connectivity index (χ0n) is 11.7. The van der Waals surface area contributed by atoms with Gasteiger partial charge in [0, 0.05) is 13.1 Å². The molecule has 2 heterocycles. The number of halogens is 1. The van der Waals surface area contributed by atoms with Crippen LogP contribution in [0.2, 0.25) is 0 Å². The van der Waals surface area contributed by atoms with Crippen LogP contribution in [0.15, 0.2) is 24.3 Å². The van der Waals surface area contributed by atoms with E-state index in [1.54, 1.807) is 7.11 Å². The van der Waals surface area contributed by atoms with Crippen molar-refractivity contribution in [3.63, 3.8) is 0 Å². The van der Waals surface area contributed by atoms with Crippen molar-refractivity contribution in [3.8, 4) is 5.75 Å². The van der Waals surface area contributed by atoms with Gasteiger partial charge in [0.15, 0.2) is 0 Å². The molecular weight excluding hydrogens is 276 g/mol. The third-order valence-corrected chi connectivity index (χ3v) is 4.33. The van der Waals surface area contributed by atoms with Crippen molar-refractivity contribution in [2.75, 3.05) is 33.3 Å². The van der Waals surface area contributed by atoms with E-state index < -0.39 is 0 Å². The van der Waals surface area contributed by atoms with E-state index in [-0.39, 0.29) is 18.3 Å². The second-order valence-corrected chi connectivity index (χ2v) is 5.42. The summed E-state index contributed by atoms with van der Waals surface area (Å²) in [5.74, 6) is 2.14. The Morgan fingerprint density at radius 3 is 2.85 bits per heavy atom. The van der Waals surface area contributed by atoms with Crippen molar-refractivity contribution in [2.45, 2.75) is 6.42 Å². The Kier molecular flexibility index (Phi) is 4.89. The van der Waals surface area contributed by atoms with E-state index in [1.165, 1.54) is 0 Å². The maximum atomic E-state index is 12.6. The molecule has 1 aromatic carbocycles. The van der Waals surface area contributed by atoms with Gasteiger partial charge in [0.25, 0.3) is 5.91 Å². The minimum Gasteiger partial charge on any atom is -0.496 e. The number of hydrogen-bond acceptors (Lipinski definition) is 3. The lowest BCUT2D eigenvalue weighted by atomic mass is 9.88. The van der Waals surface area contributed by atoms with E-state index in [0.29, 0.717) is 17.2 Å². The molecule has 5 heteroatoms. The van der Waals surface area contributed by atoms with Crippen molar-refractivity contribution in [1.82, 2.24) is 10.2 Å². The molecule has 0 bridgehead atoms. The largest absolute Gasteiger partial charge is 0.496 e. The molecule has 2 aliphatic rings. The quantitative estimate of drug-likeness (QED) is 0.905. The number of carbonyl (C=O) groups is 1. The Bertz CT molecular complexity index is 481. The van der Waals surface area contributed by atoms with Crippen LogP contribution in [-0.2, 0) is 0 Å². The van der Waals surface area contributed by atoms with Crippen LogP contribution in [0, 0.1) is 11.8 Å². The van der Waals surface area contributed by atoms with Crippen LogP contribution in [0.5, 0.6) is 5.75 Å². The molecule has 0 spiro atoms. The van der Waals surface area contributed by atoms with Gasteiger partial charge < -0.3 is 15.0 Å². The van der Waals surface area contributed by atoms with E-state index in [1.807, 2.05) is 29.2 Å². The molecule has 0 radical (unpaired) electrons. The Balaban J connectivity index is 0.00000147. The first-order valence-electron chi connectivity index (χ1n) is 6.92. The lowest BCUT2D eigenvalue weighted by molar-refractivity contribution is 0.0639. The Morgan fingerprint density at radius 1 is 1.30 bits per heavy atom. The Hall–Kier alpha value is -1.26. The van der Waals surface area contributed by atoms with E-state index in [9.17, 15) is 4.79 Å². The third kappa shape index (κ3) is 2.76. The number of carbonyl (C=O) groups excluding carboxylic acids is 1. The van der Waals surface area contributed by atoms with Gasteiger partial charge in [-0.3, -0.25) is 4.79 Å². The van der Waals surface area contributed by atoms with Gasteiger partial charge in [0.05, 0.1) is 12.7 Å². The zero-order chi connectivity index (χ0) is 13.2. The number of benzene rings is 1. The highest BCUT2D eigenvalue weighted by molar-refractivity contribution is 5.97. The minimum absolute atomic E-state index is 0. The van der Waals surface area contributed by atoms with Crippen molar-refractivity contribution in [1.29, 1.82) is 0 Å². The average molecular weight is 297 g/mol. The van der Waals surface area contributed by atoms with Crippen LogP contribution in [0.1, 0.15) is 16.8 Å². The first-order valence-corrected chi connectivity index (χ1v) is 6.92. The van der Waals surface area contributed by atoms with Crippen LogP contribution in [0.4, 0.5) is 0 Å². The number of para-hydroxylation sites is 1. The minimum atomic E-state index is 0. The summed E-state index contributed by atoms with van der Waals surface area (Å²) in [7, 11) is 1.61. The molecule has 1 amide bonds. The molecule has 2 unspecified atom stereocenters. The lowest BCUT2D eigenvalue weighted by Gasteiger charge is -2.34. The number of hydrogen-bond donors (Lipinski definition) is 1. The fourth-order valence-electron chi connectivity index (χ4n) is 3.21. The summed E-state index contributed by atoms with van der Waals surface area (Å²) in [6.45, 7) is 3.88. The first kappa shape index (κ1) is 15.1. The topological polar surface area (TPSA) is 41.6 Å². The van der Waals surface area contributed by atoms with Gasteiger partial charge in [0.1, 0.15) is 5.75 Å². The lowest BCUT2D eigenvalue weighted by Crippen LogP contribution is -2.43. The smallest absolute Gasteiger partial charge is 0.257 e. The van der Waals surface area contributed by atoms with Gasteiger partial charge in [-0.05, 0) is 43.5 Å². The number of ether oxygens (including phenoxy) is 1. The molecule has 2 atom stereocenters. The third-order valence-electron chi connectivity index (χ3n) is 4.33. The van der Waals surface area contributed by atoms with Crippen LogP contribution < -0.4 is 10.1 Å². The normalized spacial score (nSPS) is 24.8. The summed E-state index contributed by atoms with van der Waals surface area (Å²) < 4.78 is 5.28. The molecular formula is C15H21ClN2O2. The summed E-state index contributed by atoms with van der Waals surface area (Å²) in [6, 6.07) is 7.47. The first-order chi connectivity index (χ1) is 9.29. The summed E-state index contributed by atoms with van der Waals surface area (Å²) in [5, 5.41) is 3.42. The number of fused-ring (bicyclic) bond motifs is 1.